The lowest BCUT2D eigenvalue weighted by molar-refractivity contribution is 0.478. The van der Waals surface area contributed by atoms with Gasteiger partial charge in [0.05, 0.1) is 24.0 Å². The first-order chi connectivity index (χ1) is 12.1. The summed E-state index contributed by atoms with van der Waals surface area (Å²) in [5, 5.41) is 9.09. The zero-order valence-electron chi connectivity index (χ0n) is 13.5. The molecule has 0 bridgehead atoms. The van der Waals surface area contributed by atoms with Gasteiger partial charge >= 0.3 is 10.2 Å². The molecule has 0 saturated carbocycles. The summed E-state index contributed by atoms with van der Waals surface area (Å²) in [6.45, 7) is 1.24. The number of fused-ring (bicyclic) bond motifs is 1. The van der Waals surface area contributed by atoms with Gasteiger partial charge in [0.1, 0.15) is 0 Å². The van der Waals surface area contributed by atoms with Crippen molar-refractivity contribution in [3.05, 3.63) is 54.4 Å². The standard InChI is InChI=1S/C17H17N5O2S/c18-13-20-9-7-15(12-20)22-17-6-2-1-5-16(17)21(25(22,23)24)11-14-4-3-8-19-10-14/h1-6,8,10,15H,7,9,11-12H2. The molecule has 1 saturated heterocycles. The summed E-state index contributed by atoms with van der Waals surface area (Å²) in [5.74, 6) is 0. The van der Waals surface area contributed by atoms with Crippen molar-refractivity contribution in [1.82, 2.24) is 9.88 Å². The maximum absolute atomic E-state index is 13.3. The van der Waals surface area contributed by atoms with Crippen molar-refractivity contribution in [2.75, 3.05) is 21.7 Å². The zero-order chi connectivity index (χ0) is 17.4. The molecule has 128 valence electrons. The summed E-state index contributed by atoms with van der Waals surface area (Å²) in [6, 6.07) is 10.7. The Morgan fingerprint density at radius 1 is 1.20 bits per heavy atom. The molecule has 0 aliphatic carbocycles. The van der Waals surface area contributed by atoms with E-state index in [1.54, 1.807) is 23.4 Å². The lowest BCUT2D eigenvalue weighted by atomic mass is 10.2. The lowest BCUT2D eigenvalue weighted by Crippen LogP contribution is -2.44. The molecule has 25 heavy (non-hydrogen) atoms. The number of rotatable bonds is 3. The van der Waals surface area contributed by atoms with Gasteiger partial charge in [0.25, 0.3) is 0 Å². The van der Waals surface area contributed by atoms with E-state index in [4.69, 9.17) is 5.26 Å². The molecule has 2 aromatic rings. The van der Waals surface area contributed by atoms with E-state index in [1.165, 1.54) is 8.61 Å². The lowest BCUT2D eigenvalue weighted by Gasteiger charge is -2.26. The molecule has 7 nitrogen and oxygen atoms in total. The third-order valence-corrected chi connectivity index (χ3v) is 6.48. The topological polar surface area (TPSA) is 80.5 Å². The van der Waals surface area contributed by atoms with Crippen molar-refractivity contribution in [3.8, 4) is 6.19 Å². The van der Waals surface area contributed by atoms with Gasteiger partial charge in [-0.25, -0.2) is 8.61 Å². The van der Waals surface area contributed by atoms with E-state index < -0.39 is 10.2 Å². The molecule has 4 rings (SSSR count). The van der Waals surface area contributed by atoms with Crippen LogP contribution in [0.1, 0.15) is 12.0 Å². The number of nitriles is 1. The summed E-state index contributed by atoms with van der Waals surface area (Å²) in [4.78, 5) is 5.67. The predicted molar refractivity (Wildman–Crippen MR) is 93.9 cm³/mol. The molecule has 1 aromatic heterocycles. The molecule has 3 heterocycles. The first-order valence-electron chi connectivity index (χ1n) is 8.06. The highest BCUT2D eigenvalue weighted by Gasteiger charge is 2.45. The number of anilines is 2. The summed E-state index contributed by atoms with van der Waals surface area (Å²) in [7, 11) is -3.70. The van der Waals surface area contributed by atoms with E-state index >= 15 is 0 Å². The maximum Gasteiger partial charge on any atom is 0.327 e. The van der Waals surface area contributed by atoms with Gasteiger partial charge in [-0.05, 0) is 30.2 Å². The van der Waals surface area contributed by atoms with Crippen LogP contribution in [0.3, 0.4) is 0 Å². The van der Waals surface area contributed by atoms with Gasteiger partial charge < -0.3 is 4.90 Å². The van der Waals surface area contributed by atoms with Gasteiger partial charge in [0.15, 0.2) is 6.19 Å². The van der Waals surface area contributed by atoms with Gasteiger partial charge in [-0.15, -0.1) is 0 Å². The van der Waals surface area contributed by atoms with Gasteiger partial charge in [0.2, 0.25) is 0 Å². The summed E-state index contributed by atoms with van der Waals surface area (Å²) >= 11 is 0. The van der Waals surface area contributed by atoms with Crippen LogP contribution in [0.5, 0.6) is 0 Å². The molecule has 1 fully saturated rings. The van der Waals surface area contributed by atoms with Crippen LogP contribution in [0.2, 0.25) is 0 Å². The predicted octanol–water partition coefficient (Wildman–Crippen LogP) is 1.71. The molecule has 1 unspecified atom stereocenters. The van der Waals surface area contributed by atoms with E-state index in [0.717, 1.165) is 5.56 Å². The fourth-order valence-corrected chi connectivity index (χ4v) is 5.33. The highest BCUT2D eigenvalue weighted by molar-refractivity contribution is 7.94. The normalized spacial score (nSPS) is 21.2. The number of para-hydroxylation sites is 2. The van der Waals surface area contributed by atoms with Crippen LogP contribution < -0.4 is 8.61 Å². The first-order valence-corrected chi connectivity index (χ1v) is 9.45. The van der Waals surface area contributed by atoms with Gasteiger partial charge in [-0.1, -0.05) is 18.2 Å². The second-order valence-electron chi connectivity index (χ2n) is 6.15. The second-order valence-corrected chi connectivity index (χ2v) is 7.88. The third kappa shape index (κ3) is 2.57. The van der Waals surface area contributed by atoms with Crippen molar-refractivity contribution in [1.29, 1.82) is 5.26 Å². The number of aromatic nitrogens is 1. The highest BCUT2D eigenvalue weighted by Crippen LogP contribution is 2.43. The first kappa shape index (κ1) is 15.7. The van der Waals surface area contributed by atoms with Crippen molar-refractivity contribution in [2.24, 2.45) is 0 Å². The molecule has 0 radical (unpaired) electrons. The molecule has 0 spiro atoms. The average Bonchev–Trinajstić information content (AvgIpc) is 3.17. The molecule has 1 atom stereocenters. The molecule has 0 amide bonds. The van der Waals surface area contributed by atoms with Crippen molar-refractivity contribution in [2.45, 2.75) is 19.0 Å². The number of pyridine rings is 1. The van der Waals surface area contributed by atoms with Crippen LogP contribution in [0.15, 0.2) is 48.8 Å². The molecule has 1 aromatic carbocycles. The van der Waals surface area contributed by atoms with Crippen molar-refractivity contribution < 1.29 is 8.42 Å². The summed E-state index contributed by atoms with van der Waals surface area (Å²) < 4.78 is 29.4. The molecule has 8 heteroatoms. The second kappa shape index (κ2) is 5.93. The Morgan fingerprint density at radius 2 is 2.00 bits per heavy atom. The van der Waals surface area contributed by atoms with E-state index in [0.29, 0.717) is 30.9 Å². The zero-order valence-corrected chi connectivity index (χ0v) is 14.3. The molecular weight excluding hydrogens is 338 g/mol. The minimum atomic E-state index is -3.70. The Bertz CT molecular complexity index is 926. The van der Waals surface area contributed by atoms with Crippen molar-refractivity contribution >= 4 is 21.6 Å². The summed E-state index contributed by atoms with van der Waals surface area (Å²) in [6.07, 6.45) is 6.09. The van der Waals surface area contributed by atoms with Crippen LogP contribution in [-0.4, -0.2) is 37.4 Å². The van der Waals surface area contributed by atoms with Gasteiger partial charge in [-0.2, -0.15) is 13.7 Å². The fourth-order valence-electron chi connectivity index (χ4n) is 3.45. The van der Waals surface area contributed by atoms with Gasteiger partial charge in [-0.3, -0.25) is 4.98 Å². The van der Waals surface area contributed by atoms with E-state index in [-0.39, 0.29) is 12.6 Å². The van der Waals surface area contributed by atoms with Crippen LogP contribution >= 0.6 is 0 Å². The number of hydrogen-bond acceptors (Lipinski definition) is 5. The molecule has 2 aliphatic rings. The SMILES string of the molecule is N#CN1CCC(N2c3ccccc3N(Cc3cccnc3)S2(=O)=O)C1. The van der Waals surface area contributed by atoms with Crippen molar-refractivity contribution in [3.63, 3.8) is 0 Å². The third-order valence-electron chi connectivity index (χ3n) is 4.60. The molecule has 0 N–H and O–H groups in total. The smallest absolute Gasteiger partial charge is 0.308 e. The average molecular weight is 355 g/mol. The Balaban J connectivity index is 1.74. The molecular formula is C17H17N5O2S. The Kier molecular flexibility index (Phi) is 3.73. The van der Waals surface area contributed by atoms with E-state index in [9.17, 15) is 8.42 Å². The highest BCUT2D eigenvalue weighted by atomic mass is 32.2. The van der Waals surface area contributed by atoms with E-state index in [2.05, 4.69) is 11.2 Å². The Hall–Kier alpha value is -2.79. The number of benzene rings is 1. The van der Waals surface area contributed by atoms with Crippen LogP contribution in [0.25, 0.3) is 0 Å². The minimum Gasteiger partial charge on any atom is -0.308 e. The van der Waals surface area contributed by atoms with Crippen LogP contribution in [0, 0.1) is 11.5 Å². The maximum atomic E-state index is 13.3. The largest absolute Gasteiger partial charge is 0.327 e. The number of likely N-dealkylation sites (tertiary alicyclic amines) is 1. The van der Waals surface area contributed by atoms with Crippen LogP contribution in [-0.2, 0) is 16.8 Å². The monoisotopic (exact) mass is 355 g/mol. The van der Waals surface area contributed by atoms with E-state index in [1.807, 2.05) is 30.3 Å². The quantitative estimate of drug-likeness (QED) is 0.783. The Morgan fingerprint density at radius 3 is 2.68 bits per heavy atom. The number of nitrogens with zero attached hydrogens (tertiary/aromatic N) is 5. The fraction of sp³-hybridized carbons (Fsp3) is 0.294. The van der Waals surface area contributed by atoms with Crippen LogP contribution in [0.4, 0.5) is 11.4 Å². The minimum absolute atomic E-state index is 0.232. The molecule has 2 aliphatic heterocycles. The van der Waals surface area contributed by atoms with Gasteiger partial charge in [0, 0.05) is 25.5 Å². The number of hydrogen-bond donors (Lipinski definition) is 0. The Labute approximate surface area is 146 Å². The summed E-state index contributed by atoms with van der Waals surface area (Å²) in [5.41, 5.74) is 2.17.